The normalized spacial score (nSPS) is 18.3. The Morgan fingerprint density at radius 1 is 1.11 bits per heavy atom. The SMILES string of the molecule is COc1cccc(CN2c3ccccc3C3=C([C@@H](c4ccccc4Br)C(C#N)=C(N)O3)S2(=O)=O)c1. The highest BCUT2D eigenvalue weighted by Gasteiger charge is 2.47. The number of halogens is 1. The second-order valence-corrected chi connectivity index (χ2v) is 10.7. The van der Waals surface area contributed by atoms with Gasteiger partial charge in [0.1, 0.15) is 22.3 Å². The minimum absolute atomic E-state index is 0.0169. The number of hydrogen-bond donors (Lipinski definition) is 1. The van der Waals surface area contributed by atoms with Gasteiger partial charge in [-0.15, -0.1) is 0 Å². The molecule has 2 N–H and O–H groups in total. The third kappa shape index (κ3) is 3.75. The van der Waals surface area contributed by atoms with Crippen LogP contribution in [0.1, 0.15) is 22.6 Å². The van der Waals surface area contributed by atoms with Gasteiger partial charge in [-0.2, -0.15) is 5.26 Å². The zero-order chi connectivity index (χ0) is 24.7. The highest BCUT2D eigenvalue weighted by atomic mass is 79.9. The van der Waals surface area contributed by atoms with Gasteiger partial charge in [0.05, 0.1) is 25.3 Å². The summed E-state index contributed by atoms with van der Waals surface area (Å²) in [6, 6.07) is 23.6. The second kappa shape index (κ2) is 8.80. The van der Waals surface area contributed by atoms with E-state index in [-0.39, 0.29) is 28.7 Å². The van der Waals surface area contributed by atoms with Crippen molar-refractivity contribution in [3.8, 4) is 11.8 Å². The molecule has 1 atom stereocenters. The summed E-state index contributed by atoms with van der Waals surface area (Å²) < 4.78 is 41.8. The van der Waals surface area contributed by atoms with E-state index < -0.39 is 15.9 Å². The summed E-state index contributed by atoms with van der Waals surface area (Å²) in [7, 11) is -2.59. The number of anilines is 1. The topological polar surface area (TPSA) is 106 Å². The van der Waals surface area contributed by atoms with E-state index in [1.165, 1.54) is 4.31 Å². The van der Waals surface area contributed by atoms with Crippen molar-refractivity contribution < 1.29 is 17.9 Å². The Kier molecular flexibility index (Phi) is 5.79. The number of methoxy groups -OCH3 is 1. The number of hydrogen-bond acceptors (Lipinski definition) is 6. The van der Waals surface area contributed by atoms with Gasteiger partial charge in [-0.25, -0.2) is 8.42 Å². The van der Waals surface area contributed by atoms with Gasteiger partial charge in [-0.1, -0.05) is 58.4 Å². The van der Waals surface area contributed by atoms with Crippen LogP contribution in [-0.4, -0.2) is 15.5 Å². The molecule has 0 fully saturated rings. The monoisotopic (exact) mass is 549 g/mol. The van der Waals surface area contributed by atoms with Crippen LogP contribution in [0.4, 0.5) is 5.69 Å². The molecule has 176 valence electrons. The van der Waals surface area contributed by atoms with Gasteiger partial charge in [-0.3, -0.25) is 4.31 Å². The fourth-order valence-electron chi connectivity index (χ4n) is 4.44. The molecule has 0 unspecified atom stereocenters. The first-order valence-electron chi connectivity index (χ1n) is 10.7. The van der Waals surface area contributed by atoms with Crippen molar-refractivity contribution in [3.05, 3.63) is 110 Å². The van der Waals surface area contributed by atoms with E-state index in [0.717, 1.165) is 5.56 Å². The van der Waals surface area contributed by atoms with Crippen molar-refractivity contribution in [2.45, 2.75) is 12.5 Å². The number of nitriles is 1. The van der Waals surface area contributed by atoms with Gasteiger partial charge in [0, 0.05) is 10.0 Å². The summed E-state index contributed by atoms with van der Waals surface area (Å²) in [4.78, 5) is -0.0169. The van der Waals surface area contributed by atoms with Crippen LogP contribution in [0, 0.1) is 11.3 Å². The molecule has 2 aliphatic rings. The smallest absolute Gasteiger partial charge is 0.265 e. The molecule has 2 aliphatic heterocycles. The van der Waals surface area contributed by atoms with Crippen molar-refractivity contribution in [1.82, 2.24) is 0 Å². The van der Waals surface area contributed by atoms with Crippen LogP contribution in [0.3, 0.4) is 0 Å². The second-order valence-electron chi connectivity index (χ2n) is 8.02. The first-order chi connectivity index (χ1) is 16.9. The maximum atomic E-state index is 14.3. The van der Waals surface area contributed by atoms with Crippen molar-refractivity contribution in [1.29, 1.82) is 5.26 Å². The van der Waals surface area contributed by atoms with Crippen LogP contribution in [-0.2, 0) is 21.3 Å². The number of benzene rings is 3. The van der Waals surface area contributed by atoms with E-state index in [4.69, 9.17) is 15.2 Å². The van der Waals surface area contributed by atoms with Crippen LogP contribution in [0.5, 0.6) is 5.75 Å². The quantitative estimate of drug-likeness (QED) is 0.491. The van der Waals surface area contributed by atoms with Gasteiger partial charge >= 0.3 is 0 Å². The van der Waals surface area contributed by atoms with Crippen molar-refractivity contribution in [2.24, 2.45) is 5.73 Å². The molecule has 35 heavy (non-hydrogen) atoms. The Morgan fingerprint density at radius 2 is 1.86 bits per heavy atom. The van der Waals surface area contributed by atoms with Gasteiger partial charge in [0.25, 0.3) is 10.0 Å². The third-order valence-electron chi connectivity index (χ3n) is 6.03. The van der Waals surface area contributed by atoms with E-state index in [0.29, 0.717) is 27.0 Å². The summed E-state index contributed by atoms with van der Waals surface area (Å²) in [6.07, 6.45) is 0. The number of fused-ring (bicyclic) bond motifs is 2. The van der Waals surface area contributed by atoms with Crippen LogP contribution >= 0.6 is 15.9 Å². The summed E-state index contributed by atoms with van der Waals surface area (Å²) in [5, 5.41) is 9.97. The Morgan fingerprint density at radius 3 is 2.60 bits per heavy atom. The summed E-state index contributed by atoms with van der Waals surface area (Å²) in [6.45, 7) is 0.0666. The fraction of sp³-hybridized carbons (Fsp3) is 0.115. The van der Waals surface area contributed by atoms with Crippen molar-refractivity contribution >= 4 is 37.4 Å². The molecule has 0 saturated heterocycles. The average molecular weight is 550 g/mol. The first-order valence-corrected chi connectivity index (χ1v) is 12.9. The molecule has 0 spiro atoms. The molecule has 0 amide bonds. The maximum Gasteiger partial charge on any atom is 0.265 e. The molecule has 0 radical (unpaired) electrons. The minimum atomic E-state index is -4.15. The van der Waals surface area contributed by atoms with Crippen LogP contribution in [0.2, 0.25) is 0 Å². The Hall–Kier alpha value is -3.74. The molecule has 0 saturated carbocycles. The highest BCUT2D eigenvalue weighted by molar-refractivity contribution is 9.10. The predicted molar refractivity (Wildman–Crippen MR) is 136 cm³/mol. The predicted octanol–water partition coefficient (Wildman–Crippen LogP) is 4.98. The number of nitrogens with zero attached hydrogens (tertiary/aromatic N) is 2. The van der Waals surface area contributed by atoms with Gasteiger partial charge in [0.15, 0.2) is 5.76 Å². The molecule has 5 rings (SSSR count). The first kappa shape index (κ1) is 23.0. The number of allylic oxidation sites excluding steroid dienone is 2. The molecule has 9 heteroatoms. The van der Waals surface area contributed by atoms with Crippen molar-refractivity contribution in [3.63, 3.8) is 0 Å². The summed E-state index contributed by atoms with van der Waals surface area (Å²) in [5.74, 6) is -0.289. The third-order valence-corrected chi connectivity index (χ3v) is 8.64. The van der Waals surface area contributed by atoms with Gasteiger partial charge in [0.2, 0.25) is 5.88 Å². The summed E-state index contributed by atoms with van der Waals surface area (Å²) >= 11 is 3.52. The molecule has 3 aromatic carbocycles. The zero-order valence-electron chi connectivity index (χ0n) is 18.6. The molecular weight excluding hydrogens is 530 g/mol. The lowest BCUT2D eigenvalue weighted by molar-refractivity contribution is 0.357. The average Bonchev–Trinajstić information content (AvgIpc) is 2.86. The van der Waals surface area contributed by atoms with E-state index in [1.54, 1.807) is 55.6 Å². The largest absolute Gasteiger partial charge is 0.497 e. The molecular formula is C26H20BrN3O4S. The minimum Gasteiger partial charge on any atom is -0.497 e. The molecule has 0 bridgehead atoms. The molecule has 7 nitrogen and oxygen atoms in total. The molecule has 3 aromatic rings. The maximum absolute atomic E-state index is 14.3. The molecule has 0 aromatic heterocycles. The lowest BCUT2D eigenvalue weighted by Gasteiger charge is -2.38. The fourth-order valence-corrected chi connectivity index (χ4v) is 6.85. The van der Waals surface area contributed by atoms with E-state index in [1.807, 2.05) is 24.3 Å². The van der Waals surface area contributed by atoms with Gasteiger partial charge < -0.3 is 15.2 Å². The van der Waals surface area contributed by atoms with E-state index >= 15 is 0 Å². The Balaban J connectivity index is 1.76. The lowest BCUT2D eigenvalue weighted by atomic mass is 9.88. The Bertz CT molecular complexity index is 1560. The number of nitrogens with two attached hydrogens (primary N) is 1. The van der Waals surface area contributed by atoms with Crippen molar-refractivity contribution in [2.75, 3.05) is 11.4 Å². The zero-order valence-corrected chi connectivity index (χ0v) is 21.0. The highest BCUT2D eigenvalue weighted by Crippen LogP contribution is 2.52. The standard InChI is InChI=1S/C26H20BrN3O4S/c1-33-17-8-6-7-16(13-17)15-30-22-12-5-3-10-19(22)24-25(35(30,31)32)23(20(14-28)26(29)34-24)18-9-2-4-11-21(18)27/h2-13,23H,15,29H2,1H3/t23-/m0/s1. The van der Waals surface area contributed by atoms with Crippen LogP contribution < -0.4 is 14.8 Å². The lowest BCUT2D eigenvalue weighted by Crippen LogP contribution is -2.39. The molecule has 0 aliphatic carbocycles. The molecule has 2 heterocycles. The number of ether oxygens (including phenoxy) is 2. The Labute approximate surface area is 211 Å². The van der Waals surface area contributed by atoms with Crippen LogP contribution in [0.25, 0.3) is 5.76 Å². The van der Waals surface area contributed by atoms with Crippen LogP contribution in [0.15, 0.2) is 93.6 Å². The number of para-hydroxylation sites is 1. The number of sulfonamides is 1. The van der Waals surface area contributed by atoms with E-state index in [2.05, 4.69) is 22.0 Å². The summed E-state index contributed by atoms with van der Waals surface area (Å²) in [5.41, 5.74) is 8.61. The van der Waals surface area contributed by atoms with E-state index in [9.17, 15) is 13.7 Å². The van der Waals surface area contributed by atoms with Gasteiger partial charge in [-0.05, 0) is 41.5 Å². The number of rotatable bonds is 4.